The molecule has 0 saturated heterocycles. The van der Waals surface area contributed by atoms with Crippen LogP contribution in [0.2, 0.25) is 0 Å². The first kappa shape index (κ1) is 13.4. The molecular formula is C19H30O2. The third-order valence-corrected chi connectivity index (χ3v) is 9.52. The molecule has 0 aromatic heterocycles. The van der Waals surface area contributed by atoms with Crippen LogP contribution in [0.25, 0.3) is 0 Å². The van der Waals surface area contributed by atoms with Gasteiger partial charge in [0.15, 0.2) is 0 Å². The average molecular weight is 290 g/mol. The lowest BCUT2D eigenvalue weighted by molar-refractivity contribution is -0.155. The lowest BCUT2D eigenvalue weighted by atomic mass is 9.46. The van der Waals surface area contributed by atoms with Crippen molar-refractivity contribution in [3.8, 4) is 0 Å². The van der Waals surface area contributed by atoms with Gasteiger partial charge in [0, 0.05) is 5.41 Å². The molecule has 0 aromatic carbocycles. The normalized spacial score (nSPS) is 68.0. The van der Waals surface area contributed by atoms with Crippen LogP contribution in [0.4, 0.5) is 0 Å². The molecule has 21 heavy (non-hydrogen) atoms. The minimum Gasteiger partial charge on any atom is -0.393 e. The van der Waals surface area contributed by atoms with Gasteiger partial charge in [-0.15, -0.1) is 0 Å². The molecule has 5 aliphatic rings. The topological polar surface area (TPSA) is 40.5 Å². The van der Waals surface area contributed by atoms with Gasteiger partial charge < -0.3 is 10.2 Å². The maximum absolute atomic E-state index is 11.0. The number of fused-ring (bicyclic) bond motifs is 4. The van der Waals surface area contributed by atoms with Crippen molar-refractivity contribution in [3.63, 3.8) is 0 Å². The molecule has 118 valence electrons. The lowest BCUT2D eigenvalue weighted by Gasteiger charge is -2.59. The molecule has 1 spiro atoms. The van der Waals surface area contributed by atoms with Crippen LogP contribution < -0.4 is 0 Å². The molecule has 2 heteroatoms. The van der Waals surface area contributed by atoms with Crippen molar-refractivity contribution in [3.05, 3.63) is 0 Å². The Labute approximate surface area is 128 Å². The number of hydrogen-bond acceptors (Lipinski definition) is 2. The number of rotatable bonds is 0. The second kappa shape index (κ2) is 3.70. The van der Waals surface area contributed by atoms with E-state index in [4.69, 9.17) is 0 Å². The van der Waals surface area contributed by atoms with E-state index >= 15 is 0 Å². The van der Waals surface area contributed by atoms with Crippen LogP contribution >= 0.6 is 0 Å². The van der Waals surface area contributed by atoms with Gasteiger partial charge in [0.1, 0.15) is 0 Å². The van der Waals surface area contributed by atoms with Crippen molar-refractivity contribution in [2.45, 2.75) is 77.4 Å². The van der Waals surface area contributed by atoms with Crippen molar-refractivity contribution in [2.24, 2.45) is 39.9 Å². The summed E-state index contributed by atoms with van der Waals surface area (Å²) in [5.74, 6) is 2.98. The second-order valence-corrected chi connectivity index (χ2v) is 9.66. The predicted octanol–water partition coefficient (Wildman–Crippen LogP) is 3.36. The molecule has 5 saturated carbocycles. The highest BCUT2D eigenvalue weighted by Crippen LogP contribution is 2.81. The number of aliphatic hydroxyl groups is 2. The van der Waals surface area contributed by atoms with Crippen LogP contribution in [0.1, 0.15) is 65.2 Å². The first-order chi connectivity index (χ1) is 9.93. The summed E-state index contributed by atoms with van der Waals surface area (Å²) < 4.78 is 0. The van der Waals surface area contributed by atoms with E-state index in [0.29, 0.717) is 22.7 Å². The molecule has 5 rings (SSSR count). The van der Waals surface area contributed by atoms with Gasteiger partial charge in [0.25, 0.3) is 0 Å². The van der Waals surface area contributed by atoms with E-state index in [2.05, 4.69) is 13.8 Å². The summed E-state index contributed by atoms with van der Waals surface area (Å²) in [5, 5.41) is 21.5. The van der Waals surface area contributed by atoms with Crippen LogP contribution in [0.3, 0.4) is 0 Å². The van der Waals surface area contributed by atoms with E-state index < -0.39 is 0 Å². The third kappa shape index (κ3) is 1.27. The highest BCUT2D eigenvalue weighted by molar-refractivity contribution is 5.25. The second-order valence-electron chi connectivity index (χ2n) is 9.66. The van der Waals surface area contributed by atoms with E-state index in [1.165, 1.54) is 38.5 Å². The molecule has 0 heterocycles. The molecule has 2 N–H and O–H groups in total. The molecule has 0 aromatic rings. The van der Waals surface area contributed by atoms with Gasteiger partial charge in [-0.25, -0.2) is 0 Å². The molecule has 5 aliphatic carbocycles. The van der Waals surface area contributed by atoms with Gasteiger partial charge in [0.2, 0.25) is 0 Å². The quantitative estimate of drug-likeness (QED) is 0.718. The Bertz CT molecular complexity index is 490. The summed E-state index contributed by atoms with van der Waals surface area (Å²) in [6.07, 6.45) is 9.59. The molecule has 5 fully saturated rings. The van der Waals surface area contributed by atoms with Gasteiger partial charge in [-0.2, -0.15) is 0 Å². The first-order valence-electron chi connectivity index (χ1n) is 9.29. The van der Waals surface area contributed by atoms with Crippen LogP contribution in [0.5, 0.6) is 0 Å². The molecule has 0 bridgehead atoms. The van der Waals surface area contributed by atoms with E-state index in [1.54, 1.807) is 0 Å². The maximum Gasteiger partial charge on any atom is 0.0607 e. The van der Waals surface area contributed by atoms with E-state index in [0.717, 1.165) is 24.7 Å². The van der Waals surface area contributed by atoms with Crippen LogP contribution in [-0.2, 0) is 0 Å². The molecule has 0 unspecified atom stereocenters. The Hall–Kier alpha value is -0.0800. The summed E-state index contributed by atoms with van der Waals surface area (Å²) in [6.45, 7) is 4.85. The fourth-order valence-electron chi connectivity index (χ4n) is 8.28. The van der Waals surface area contributed by atoms with Crippen LogP contribution in [0, 0.1) is 39.9 Å². The molecule has 0 amide bonds. The molecule has 0 radical (unpaired) electrons. The van der Waals surface area contributed by atoms with Crippen molar-refractivity contribution in [1.82, 2.24) is 0 Å². The maximum atomic E-state index is 11.0. The third-order valence-electron chi connectivity index (χ3n) is 9.52. The summed E-state index contributed by atoms with van der Waals surface area (Å²) in [4.78, 5) is 0. The van der Waals surface area contributed by atoms with Gasteiger partial charge in [-0.1, -0.05) is 13.8 Å². The standard InChI is InChI=1S/C19H30O2/c1-17-7-6-14-12(13(17)3-4-15(17)20)9-16(21)19-10-11(19)5-8-18(14,19)2/h11-16,20-21H,3-10H2,1-2H3/t11-,12+,13-,14+,15+,16-,17-,18+,19-/m0/s1. The van der Waals surface area contributed by atoms with Crippen molar-refractivity contribution < 1.29 is 10.2 Å². The van der Waals surface area contributed by atoms with Crippen molar-refractivity contribution in [2.75, 3.05) is 0 Å². The zero-order valence-corrected chi connectivity index (χ0v) is 13.5. The van der Waals surface area contributed by atoms with Gasteiger partial charge >= 0.3 is 0 Å². The Morgan fingerprint density at radius 1 is 0.857 bits per heavy atom. The monoisotopic (exact) mass is 290 g/mol. The van der Waals surface area contributed by atoms with Gasteiger partial charge in [-0.3, -0.25) is 0 Å². The SMILES string of the molecule is C[C@]12CC[C@@H]3[C@H](C[C@H](O)[C@]45C[C@@H]4CC[C@]35C)[C@@H]1CC[C@H]2O. The first-order valence-corrected chi connectivity index (χ1v) is 9.29. The van der Waals surface area contributed by atoms with Crippen LogP contribution in [-0.4, -0.2) is 22.4 Å². The number of hydrogen-bond donors (Lipinski definition) is 2. The van der Waals surface area contributed by atoms with E-state index in [-0.39, 0.29) is 17.6 Å². The smallest absolute Gasteiger partial charge is 0.0607 e. The Balaban J connectivity index is 1.55. The summed E-state index contributed by atoms with van der Waals surface area (Å²) in [5.41, 5.74) is 0.845. The zero-order chi connectivity index (χ0) is 14.6. The fourth-order valence-corrected chi connectivity index (χ4v) is 8.28. The van der Waals surface area contributed by atoms with Crippen molar-refractivity contribution >= 4 is 0 Å². The predicted molar refractivity (Wildman–Crippen MR) is 81.6 cm³/mol. The van der Waals surface area contributed by atoms with Gasteiger partial charge in [0.05, 0.1) is 12.2 Å². The summed E-state index contributed by atoms with van der Waals surface area (Å²) >= 11 is 0. The molecular weight excluding hydrogens is 260 g/mol. The minimum atomic E-state index is -0.0958. The van der Waals surface area contributed by atoms with Crippen molar-refractivity contribution in [1.29, 1.82) is 0 Å². The highest BCUT2D eigenvalue weighted by atomic mass is 16.3. The van der Waals surface area contributed by atoms with Crippen LogP contribution in [0.15, 0.2) is 0 Å². The average Bonchev–Trinajstić information content (AvgIpc) is 3.01. The molecule has 9 atom stereocenters. The Morgan fingerprint density at radius 3 is 2.43 bits per heavy atom. The molecule has 2 nitrogen and oxygen atoms in total. The van der Waals surface area contributed by atoms with E-state index in [9.17, 15) is 10.2 Å². The zero-order valence-electron chi connectivity index (χ0n) is 13.5. The fraction of sp³-hybridized carbons (Fsp3) is 1.00. The Morgan fingerprint density at radius 2 is 1.67 bits per heavy atom. The number of aliphatic hydroxyl groups excluding tert-OH is 2. The lowest BCUT2D eigenvalue weighted by Crippen LogP contribution is -2.56. The minimum absolute atomic E-state index is 0.0589. The van der Waals surface area contributed by atoms with E-state index in [1.807, 2.05) is 0 Å². The summed E-state index contributed by atoms with van der Waals surface area (Å²) in [7, 11) is 0. The largest absolute Gasteiger partial charge is 0.393 e. The molecule has 0 aliphatic heterocycles. The van der Waals surface area contributed by atoms with Gasteiger partial charge in [-0.05, 0) is 85.9 Å². The summed E-state index contributed by atoms with van der Waals surface area (Å²) in [6, 6.07) is 0. The Kier molecular flexibility index (Phi) is 2.35. The highest BCUT2D eigenvalue weighted by Gasteiger charge is 2.77.